The lowest BCUT2D eigenvalue weighted by atomic mass is 9.83. The van der Waals surface area contributed by atoms with Crippen molar-refractivity contribution < 1.29 is 9.84 Å². The number of hydrogen-bond acceptors (Lipinski definition) is 3. The van der Waals surface area contributed by atoms with Gasteiger partial charge in [-0.3, -0.25) is 4.99 Å². The van der Waals surface area contributed by atoms with Crippen molar-refractivity contribution in [2.45, 2.75) is 31.2 Å². The largest absolute Gasteiger partial charge is 0.396 e. The SMILES string of the molecule is OCCC1(CC2CCCOC2)C=CC=N1. The lowest BCUT2D eigenvalue weighted by Crippen LogP contribution is -2.30. The van der Waals surface area contributed by atoms with Gasteiger partial charge >= 0.3 is 0 Å². The van der Waals surface area contributed by atoms with E-state index in [0.717, 1.165) is 32.5 Å². The molecule has 84 valence electrons. The molecule has 2 rings (SSSR count). The maximum atomic E-state index is 9.08. The van der Waals surface area contributed by atoms with E-state index in [9.17, 15) is 0 Å². The van der Waals surface area contributed by atoms with Gasteiger partial charge in [-0.25, -0.2) is 0 Å². The van der Waals surface area contributed by atoms with E-state index >= 15 is 0 Å². The van der Waals surface area contributed by atoms with Gasteiger partial charge in [0.05, 0.1) is 5.54 Å². The Hall–Kier alpha value is -0.670. The number of hydrogen-bond donors (Lipinski definition) is 1. The summed E-state index contributed by atoms with van der Waals surface area (Å²) < 4.78 is 5.48. The van der Waals surface area contributed by atoms with E-state index in [0.29, 0.717) is 5.92 Å². The molecule has 3 nitrogen and oxygen atoms in total. The maximum absolute atomic E-state index is 9.08. The van der Waals surface area contributed by atoms with Crippen molar-refractivity contribution in [1.82, 2.24) is 0 Å². The summed E-state index contributed by atoms with van der Waals surface area (Å²) in [5.41, 5.74) is -0.139. The fourth-order valence-electron chi connectivity index (χ4n) is 2.49. The van der Waals surface area contributed by atoms with Gasteiger partial charge in [0.15, 0.2) is 0 Å². The second-order valence-electron chi connectivity index (χ2n) is 4.50. The van der Waals surface area contributed by atoms with Crippen LogP contribution in [0.15, 0.2) is 17.1 Å². The lowest BCUT2D eigenvalue weighted by molar-refractivity contribution is 0.0440. The Morgan fingerprint density at radius 2 is 2.47 bits per heavy atom. The third-order valence-corrected chi connectivity index (χ3v) is 3.27. The van der Waals surface area contributed by atoms with E-state index in [1.807, 2.05) is 12.3 Å². The van der Waals surface area contributed by atoms with Crippen molar-refractivity contribution in [2.75, 3.05) is 19.8 Å². The molecule has 15 heavy (non-hydrogen) atoms. The van der Waals surface area contributed by atoms with Crippen LogP contribution in [0, 0.1) is 5.92 Å². The van der Waals surface area contributed by atoms with Crippen molar-refractivity contribution >= 4 is 6.21 Å². The third kappa shape index (κ3) is 2.67. The van der Waals surface area contributed by atoms with Crippen LogP contribution in [-0.2, 0) is 4.74 Å². The molecule has 1 fully saturated rings. The molecule has 0 aromatic heterocycles. The lowest BCUT2D eigenvalue weighted by Gasteiger charge is -2.30. The Bertz CT molecular complexity index is 242. The van der Waals surface area contributed by atoms with Gasteiger partial charge < -0.3 is 9.84 Å². The molecule has 2 atom stereocenters. The summed E-state index contributed by atoms with van der Waals surface area (Å²) >= 11 is 0. The topological polar surface area (TPSA) is 41.8 Å². The molecular formula is C12H19NO2. The van der Waals surface area contributed by atoms with Crippen LogP contribution < -0.4 is 0 Å². The smallest absolute Gasteiger partial charge is 0.0816 e. The van der Waals surface area contributed by atoms with Crippen molar-refractivity contribution in [3.05, 3.63) is 12.2 Å². The summed E-state index contributed by atoms with van der Waals surface area (Å²) in [6.07, 6.45) is 10.1. The first-order valence-corrected chi connectivity index (χ1v) is 5.76. The average molecular weight is 209 g/mol. The molecule has 2 unspecified atom stereocenters. The molecule has 1 saturated heterocycles. The summed E-state index contributed by atoms with van der Waals surface area (Å²) in [6, 6.07) is 0. The van der Waals surface area contributed by atoms with Crippen molar-refractivity contribution in [3.8, 4) is 0 Å². The molecule has 0 bridgehead atoms. The van der Waals surface area contributed by atoms with E-state index in [1.165, 1.54) is 6.42 Å². The molecule has 0 aliphatic carbocycles. The van der Waals surface area contributed by atoms with E-state index in [-0.39, 0.29) is 12.1 Å². The van der Waals surface area contributed by atoms with Gasteiger partial charge in [0.25, 0.3) is 0 Å². The minimum absolute atomic E-state index is 0.139. The number of rotatable bonds is 4. The summed E-state index contributed by atoms with van der Waals surface area (Å²) in [5.74, 6) is 0.602. The number of aliphatic imine (C=N–C) groups is 1. The van der Waals surface area contributed by atoms with Crippen molar-refractivity contribution in [2.24, 2.45) is 10.9 Å². The Kier molecular flexibility index (Phi) is 3.54. The predicted octanol–water partition coefficient (Wildman–Crippen LogP) is 1.56. The number of nitrogens with zero attached hydrogens (tertiary/aromatic N) is 1. The molecule has 2 aliphatic rings. The average Bonchev–Trinajstić information content (AvgIpc) is 2.69. The molecule has 0 spiro atoms. The van der Waals surface area contributed by atoms with Gasteiger partial charge in [0.1, 0.15) is 0 Å². The first-order chi connectivity index (χ1) is 7.35. The van der Waals surface area contributed by atoms with Gasteiger partial charge in [-0.2, -0.15) is 0 Å². The normalized spacial score (nSPS) is 34.9. The minimum atomic E-state index is -0.139. The molecule has 1 N–H and O–H groups in total. The van der Waals surface area contributed by atoms with Crippen molar-refractivity contribution in [1.29, 1.82) is 0 Å². The van der Waals surface area contributed by atoms with Gasteiger partial charge in [0, 0.05) is 26.0 Å². The van der Waals surface area contributed by atoms with Crippen LogP contribution >= 0.6 is 0 Å². The molecule has 0 aromatic rings. The monoisotopic (exact) mass is 209 g/mol. The number of aliphatic hydroxyl groups excluding tert-OH is 1. The molecule has 0 saturated carbocycles. The highest BCUT2D eigenvalue weighted by atomic mass is 16.5. The van der Waals surface area contributed by atoms with E-state index < -0.39 is 0 Å². The van der Waals surface area contributed by atoms with Gasteiger partial charge in [0.2, 0.25) is 0 Å². The fourth-order valence-corrected chi connectivity index (χ4v) is 2.49. The Morgan fingerprint density at radius 3 is 3.07 bits per heavy atom. The summed E-state index contributed by atoms with van der Waals surface area (Å²) in [7, 11) is 0. The molecule has 0 amide bonds. The van der Waals surface area contributed by atoms with E-state index in [2.05, 4.69) is 11.1 Å². The first kappa shape index (κ1) is 10.8. The van der Waals surface area contributed by atoms with Gasteiger partial charge in [-0.05, 0) is 37.7 Å². The zero-order valence-electron chi connectivity index (χ0n) is 9.06. The number of allylic oxidation sites excluding steroid dienone is 1. The van der Waals surface area contributed by atoms with Crippen LogP contribution in [0.2, 0.25) is 0 Å². The zero-order valence-corrected chi connectivity index (χ0v) is 9.06. The maximum Gasteiger partial charge on any atom is 0.0816 e. The highest BCUT2D eigenvalue weighted by Crippen LogP contribution is 2.32. The summed E-state index contributed by atoms with van der Waals surface area (Å²) in [4.78, 5) is 4.50. The van der Waals surface area contributed by atoms with E-state index in [4.69, 9.17) is 9.84 Å². The van der Waals surface area contributed by atoms with Crippen LogP contribution in [0.1, 0.15) is 25.7 Å². The van der Waals surface area contributed by atoms with Crippen LogP contribution in [0.3, 0.4) is 0 Å². The Labute approximate surface area is 90.9 Å². The van der Waals surface area contributed by atoms with Crippen LogP contribution in [0.5, 0.6) is 0 Å². The fraction of sp³-hybridized carbons (Fsp3) is 0.750. The van der Waals surface area contributed by atoms with Gasteiger partial charge in [-0.15, -0.1) is 0 Å². The number of ether oxygens (including phenoxy) is 1. The quantitative estimate of drug-likeness (QED) is 0.763. The third-order valence-electron chi connectivity index (χ3n) is 3.27. The standard InChI is InChI=1S/C12H19NO2/c14-7-5-12(4-2-6-13-12)9-11-3-1-8-15-10-11/h2,4,6,11,14H,1,3,5,7-10H2. The van der Waals surface area contributed by atoms with Crippen LogP contribution in [0.4, 0.5) is 0 Å². The van der Waals surface area contributed by atoms with Crippen molar-refractivity contribution in [3.63, 3.8) is 0 Å². The van der Waals surface area contributed by atoms with E-state index in [1.54, 1.807) is 0 Å². The zero-order chi connectivity index (χ0) is 10.6. The minimum Gasteiger partial charge on any atom is -0.396 e. The van der Waals surface area contributed by atoms with Crippen LogP contribution in [0.25, 0.3) is 0 Å². The molecule has 2 heterocycles. The highest BCUT2D eigenvalue weighted by Gasteiger charge is 2.31. The van der Waals surface area contributed by atoms with Gasteiger partial charge in [-0.1, -0.05) is 6.08 Å². The summed E-state index contributed by atoms with van der Waals surface area (Å²) in [5, 5.41) is 9.08. The first-order valence-electron chi connectivity index (χ1n) is 5.76. The molecule has 0 aromatic carbocycles. The molecule has 0 radical (unpaired) electrons. The second kappa shape index (κ2) is 4.90. The van der Waals surface area contributed by atoms with Crippen LogP contribution in [-0.4, -0.2) is 36.7 Å². The second-order valence-corrected chi connectivity index (χ2v) is 4.50. The number of aliphatic hydroxyl groups is 1. The molecule has 3 heteroatoms. The highest BCUT2D eigenvalue weighted by molar-refractivity contribution is 5.75. The molecule has 2 aliphatic heterocycles. The summed E-state index contributed by atoms with van der Waals surface area (Å²) in [6.45, 7) is 1.97. The Morgan fingerprint density at radius 1 is 1.53 bits per heavy atom. The molecular weight excluding hydrogens is 190 g/mol. The Balaban J connectivity index is 1.94. The predicted molar refractivity (Wildman–Crippen MR) is 60.2 cm³/mol.